The van der Waals surface area contributed by atoms with Crippen molar-refractivity contribution in [1.82, 2.24) is 0 Å². The summed E-state index contributed by atoms with van der Waals surface area (Å²) in [6.45, 7) is 0.789. The number of carboxylic acid groups (broad SMARTS) is 1. The lowest BCUT2D eigenvalue weighted by Crippen LogP contribution is -2.23. The maximum absolute atomic E-state index is 9.99. The zero-order valence-electron chi connectivity index (χ0n) is 5.84. The second-order valence-corrected chi connectivity index (χ2v) is 2.55. The Hall–Kier alpha value is -0.570. The number of carbonyl (C=O) groups is 1. The van der Waals surface area contributed by atoms with Crippen molar-refractivity contribution in [2.75, 3.05) is 6.61 Å². The van der Waals surface area contributed by atoms with Crippen molar-refractivity contribution in [2.45, 2.75) is 31.8 Å². The van der Waals surface area contributed by atoms with Crippen LogP contribution in [-0.2, 0) is 9.53 Å². The molecular weight excluding hydrogens is 132 g/mol. The van der Waals surface area contributed by atoms with Gasteiger partial charge in [-0.25, -0.2) is 0 Å². The highest BCUT2D eigenvalue weighted by molar-refractivity contribution is 5.64. The van der Waals surface area contributed by atoms with Crippen LogP contribution in [0.15, 0.2) is 0 Å². The molecule has 0 unspecified atom stereocenters. The second-order valence-electron chi connectivity index (χ2n) is 2.55. The zero-order valence-corrected chi connectivity index (χ0v) is 5.84. The van der Waals surface area contributed by atoms with Crippen molar-refractivity contribution in [2.24, 2.45) is 0 Å². The van der Waals surface area contributed by atoms with Gasteiger partial charge in [0.1, 0.15) is 0 Å². The second kappa shape index (κ2) is 3.56. The molecule has 0 N–H and O–H groups in total. The summed E-state index contributed by atoms with van der Waals surface area (Å²) in [7, 11) is 0. The van der Waals surface area contributed by atoms with Crippen molar-refractivity contribution >= 4 is 5.97 Å². The smallest absolute Gasteiger partial charge is 0.0579 e. The van der Waals surface area contributed by atoms with Gasteiger partial charge in [0.15, 0.2) is 0 Å². The molecule has 58 valence electrons. The van der Waals surface area contributed by atoms with Crippen molar-refractivity contribution in [3.63, 3.8) is 0 Å². The molecule has 0 spiro atoms. The van der Waals surface area contributed by atoms with Gasteiger partial charge in [-0.1, -0.05) is 0 Å². The summed E-state index contributed by atoms with van der Waals surface area (Å²) in [6.07, 6.45) is 3.00. The number of hydrogen-bond acceptors (Lipinski definition) is 3. The molecule has 0 aromatic heterocycles. The molecular formula is C7H11O3-. The number of carbonyl (C=O) groups excluding carboxylic acids is 1. The monoisotopic (exact) mass is 143 g/mol. The predicted molar refractivity (Wildman–Crippen MR) is 33.2 cm³/mol. The fourth-order valence-corrected chi connectivity index (χ4v) is 1.15. The molecule has 1 aliphatic rings. The van der Waals surface area contributed by atoms with E-state index in [9.17, 15) is 9.90 Å². The van der Waals surface area contributed by atoms with Gasteiger partial charge < -0.3 is 14.6 Å². The molecule has 3 nitrogen and oxygen atoms in total. The van der Waals surface area contributed by atoms with Gasteiger partial charge >= 0.3 is 0 Å². The summed E-state index contributed by atoms with van der Waals surface area (Å²) < 4.78 is 5.21. The standard InChI is InChI=1S/C7H12O3/c8-7(9)4-3-6-2-1-5-10-6/h6H,1-5H2,(H,8,9)/p-1/t6-/m1/s1. The molecule has 1 aliphatic heterocycles. The van der Waals surface area contributed by atoms with E-state index in [2.05, 4.69) is 0 Å². The Labute approximate surface area is 60.0 Å². The first-order chi connectivity index (χ1) is 4.79. The molecule has 1 fully saturated rings. The molecule has 0 saturated carbocycles. The summed E-state index contributed by atoms with van der Waals surface area (Å²) in [6, 6.07) is 0. The molecule has 0 amide bonds. The van der Waals surface area contributed by atoms with Crippen LogP contribution in [0.3, 0.4) is 0 Å². The van der Waals surface area contributed by atoms with Crippen molar-refractivity contribution < 1.29 is 14.6 Å². The van der Waals surface area contributed by atoms with Gasteiger partial charge in [0.25, 0.3) is 0 Å². The van der Waals surface area contributed by atoms with Crippen LogP contribution >= 0.6 is 0 Å². The summed E-state index contributed by atoms with van der Waals surface area (Å²) in [5.74, 6) is -0.976. The first kappa shape index (κ1) is 7.54. The minimum absolute atomic E-state index is 0.130. The lowest BCUT2D eigenvalue weighted by molar-refractivity contribution is -0.306. The third-order valence-electron chi connectivity index (χ3n) is 1.69. The Kier molecular flexibility index (Phi) is 2.68. The van der Waals surface area contributed by atoms with Gasteiger partial charge in [0.05, 0.1) is 6.10 Å². The van der Waals surface area contributed by atoms with Gasteiger partial charge in [0, 0.05) is 12.6 Å². The first-order valence-corrected chi connectivity index (χ1v) is 3.60. The molecule has 1 saturated heterocycles. The molecule has 0 bridgehead atoms. The van der Waals surface area contributed by atoms with E-state index in [1.807, 2.05) is 0 Å². The topological polar surface area (TPSA) is 49.4 Å². The average molecular weight is 143 g/mol. The Morgan fingerprint density at radius 2 is 2.50 bits per heavy atom. The first-order valence-electron chi connectivity index (χ1n) is 3.60. The molecule has 10 heavy (non-hydrogen) atoms. The number of hydrogen-bond donors (Lipinski definition) is 0. The fourth-order valence-electron chi connectivity index (χ4n) is 1.15. The number of ether oxygens (including phenoxy) is 1. The summed E-state index contributed by atoms with van der Waals surface area (Å²) in [4.78, 5) is 9.99. The number of aliphatic carboxylic acids is 1. The number of rotatable bonds is 3. The highest BCUT2D eigenvalue weighted by Crippen LogP contribution is 2.16. The minimum atomic E-state index is -0.976. The predicted octanol–water partition coefficient (Wildman–Crippen LogP) is -0.305. The number of carboxylic acids is 1. The quantitative estimate of drug-likeness (QED) is 0.544. The van der Waals surface area contributed by atoms with Crippen LogP contribution in [0.1, 0.15) is 25.7 Å². The van der Waals surface area contributed by atoms with Gasteiger partial charge in [0.2, 0.25) is 0 Å². The lowest BCUT2D eigenvalue weighted by atomic mass is 10.1. The average Bonchev–Trinajstić information content (AvgIpc) is 2.34. The van der Waals surface area contributed by atoms with Crippen molar-refractivity contribution in [1.29, 1.82) is 0 Å². The van der Waals surface area contributed by atoms with Crippen LogP contribution in [0.5, 0.6) is 0 Å². The Bertz CT molecular complexity index is 116. The van der Waals surface area contributed by atoms with Crippen LogP contribution in [0.2, 0.25) is 0 Å². The zero-order chi connectivity index (χ0) is 7.40. The molecule has 1 rings (SSSR count). The third kappa shape index (κ3) is 2.35. The van der Waals surface area contributed by atoms with Gasteiger partial charge in [-0.2, -0.15) is 0 Å². The van der Waals surface area contributed by atoms with Crippen LogP contribution < -0.4 is 5.11 Å². The van der Waals surface area contributed by atoms with Crippen LogP contribution in [-0.4, -0.2) is 18.7 Å². The van der Waals surface area contributed by atoms with Gasteiger partial charge in [-0.15, -0.1) is 0 Å². The molecule has 0 radical (unpaired) electrons. The SMILES string of the molecule is O=C([O-])CC[C@H]1CCCO1. The highest BCUT2D eigenvalue weighted by Gasteiger charge is 2.14. The van der Waals surface area contributed by atoms with Crippen LogP contribution in [0.4, 0.5) is 0 Å². The van der Waals surface area contributed by atoms with E-state index in [1.54, 1.807) is 0 Å². The van der Waals surface area contributed by atoms with Crippen LogP contribution in [0.25, 0.3) is 0 Å². The van der Waals surface area contributed by atoms with Crippen molar-refractivity contribution in [3.05, 3.63) is 0 Å². The summed E-state index contributed by atoms with van der Waals surface area (Å²) in [5, 5.41) is 9.99. The van der Waals surface area contributed by atoms with Gasteiger partial charge in [-0.3, -0.25) is 0 Å². The normalized spacial score (nSPS) is 25.0. The van der Waals surface area contributed by atoms with E-state index in [-0.39, 0.29) is 12.5 Å². The van der Waals surface area contributed by atoms with E-state index in [4.69, 9.17) is 4.74 Å². The Morgan fingerprint density at radius 1 is 1.70 bits per heavy atom. The highest BCUT2D eigenvalue weighted by atomic mass is 16.5. The molecule has 0 aromatic carbocycles. The van der Waals surface area contributed by atoms with Gasteiger partial charge in [-0.05, 0) is 25.7 Å². The molecule has 0 aromatic rings. The van der Waals surface area contributed by atoms with Crippen LogP contribution in [0, 0.1) is 0 Å². The van der Waals surface area contributed by atoms with E-state index in [0.717, 1.165) is 19.4 Å². The third-order valence-corrected chi connectivity index (χ3v) is 1.69. The minimum Gasteiger partial charge on any atom is -0.550 e. The Balaban J connectivity index is 2.07. The summed E-state index contributed by atoms with van der Waals surface area (Å²) in [5.41, 5.74) is 0. The van der Waals surface area contributed by atoms with E-state index >= 15 is 0 Å². The lowest BCUT2D eigenvalue weighted by Gasteiger charge is -2.08. The Morgan fingerprint density at radius 3 is 3.00 bits per heavy atom. The fraction of sp³-hybridized carbons (Fsp3) is 0.857. The molecule has 1 atom stereocenters. The molecule has 3 heteroatoms. The van der Waals surface area contributed by atoms with Crippen molar-refractivity contribution in [3.8, 4) is 0 Å². The summed E-state index contributed by atoms with van der Waals surface area (Å²) >= 11 is 0. The maximum Gasteiger partial charge on any atom is 0.0579 e. The van der Waals surface area contributed by atoms with E-state index < -0.39 is 5.97 Å². The molecule has 1 heterocycles. The maximum atomic E-state index is 9.99. The largest absolute Gasteiger partial charge is 0.550 e. The molecule has 0 aliphatic carbocycles. The van der Waals surface area contributed by atoms with E-state index in [1.165, 1.54) is 0 Å². The van der Waals surface area contributed by atoms with E-state index in [0.29, 0.717) is 6.42 Å².